The van der Waals surface area contributed by atoms with Crippen molar-refractivity contribution in [1.29, 1.82) is 0 Å². The number of amides is 1. The zero-order valence-corrected chi connectivity index (χ0v) is 32.4. The van der Waals surface area contributed by atoms with E-state index in [4.69, 9.17) is 9.47 Å². The van der Waals surface area contributed by atoms with Crippen molar-refractivity contribution in [2.75, 3.05) is 13.6 Å². The van der Waals surface area contributed by atoms with Gasteiger partial charge in [0, 0.05) is 46.9 Å². The highest BCUT2D eigenvalue weighted by molar-refractivity contribution is 9.08. The molecule has 1 saturated heterocycles. The smallest absolute Gasteiger partial charge is 0.325 e. The number of hydrogen-bond donors (Lipinski definition) is 4. The van der Waals surface area contributed by atoms with Crippen molar-refractivity contribution < 1.29 is 48.0 Å². The summed E-state index contributed by atoms with van der Waals surface area (Å²) in [6.45, 7) is 12.9. The van der Waals surface area contributed by atoms with Crippen LogP contribution in [0.5, 0.6) is 0 Å². The lowest BCUT2D eigenvalue weighted by Gasteiger charge is -2.65. The number of fused-ring (bicyclic) bond motifs is 2. The SMILES string of the molecule is CN(CC(=O)O[C@H]1C[C@@H]2[C@]3(CC[C@]4(C)[C@@H]([C@]5(C)CC[C@@H](C(C)(C)O)O5)[C@@H](O)C[C@@]24C)C[C@@]32CCC(F)(F)C(C)(C)[C@H]12)C(=O)[C@@H](CC(=O)O)NBr. The van der Waals surface area contributed by atoms with Crippen LogP contribution in [0.25, 0.3) is 0 Å². The predicted octanol–water partition coefficient (Wildman–Crippen LogP) is 5.46. The fourth-order valence-electron chi connectivity index (χ4n) is 13.2. The minimum atomic E-state index is -2.96. The molecule has 5 aliphatic carbocycles. The Kier molecular flexibility index (Phi) is 9.04. The Morgan fingerprint density at radius 1 is 1.02 bits per heavy atom. The summed E-state index contributed by atoms with van der Waals surface area (Å²) in [5, 5.41) is 32.0. The third-order valence-electron chi connectivity index (χ3n) is 15.7. The van der Waals surface area contributed by atoms with Gasteiger partial charge in [0.25, 0.3) is 5.92 Å². The number of nitrogens with zero attached hydrogens (tertiary/aromatic N) is 1. The maximum Gasteiger partial charge on any atom is 0.325 e. The Morgan fingerprint density at radius 2 is 1.66 bits per heavy atom. The van der Waals surface area contributed by atoms with Crippen LogP contribution < -0.4 is 4.34 Å². The maximum absolute atomic E-state index is 15.9. The summed E-state index contributed by atoms with van der Waals surface area (Å²) < 4.78 is 47.2. The molecule has 5 saturated carbocycles. The van der Waals surface area contributed by atoms with Gasteiger partial charge < -0.3 is 29.7 Å². The van der Waals surface area contributed by atoms with Crippen LogP contribution >= 0.6 is 16.1 Å². The van der Waals surface area contributed by atoms with Crippen molar-refractivity contribution in [3.8, 4) is 0 Å². The molecule has 1 aliphatic heterocycles. The topological polar surface area (TPSA) is 146 Å². The van der Waals surface area contributed by atoms with Gasteiger partial charge >= 0.3 is 11.9 Å². The molecular formula is C37H57BrF2N2O8. The quantitative estimate of drug-likeness (QED) is 0.177. The molecule has 1 heterocycles. The minimum absolute atomic E-state index is 0.00281. The summed E-state index contributed by atoms with van der Waals surface area (Å²) >= 11 is 2.95. The molecule has 6 fully saturated rings. The van der Waals surface area contributed by atoms with Crippen LogP contribution in [0.2, 0.25) is 0 Å². The van der Waals surface area contributed by atoms with Crippen molar-refractivity contribution in [2.45, 2.75) is 154 Å². The summed E-state index contributed by atoms with van der Waals surface area (Å²) in [6, 6.07) is -1.11. The summed E-state index contributed by atoms with van der Waals surface area (Å²) in [7, 11) is 1.39. The van der Waals surface area contributed by atoms with Gasteiger partial charge in [0.1, 0.15) is 18.7 Å². The molecule has 2 spiro atoms. The first-order valence-corrected chi connectivity index (χ1v) is 19.1. The Labute approximate surface area is 303 Å². The standard InChI is InChI=1S/C37H57BrF2N2O8/c1-30(2)28-22(49-26(46)18-42(8)29(47)20(41-38)15-25(44)45)16-23-33(6)17-21(43)27(34(7)10-9-24(50-34)31(3,4)48)32(33,5)11-12-35(23)19-36(28,35)13-14-37(30,39)40/h20-24,27-28,41,43,48H,9-19H2,1-8H3,(H,44,45)/t20-,21+,22+,23+,24+,27+,28+,32-,33+,34+,35+,36-/m1/s1. The molecule has 0 unspecified atom stereocenters. The number of rotatable bonds is 9. The van der Waals surface area contributed by atoms with E-state index in [0.717, 1.165) is 24.2 Å². The van der Waals surface area contributed by atoms with Gasteiger partial charge in [-0.3, -0.25) is 14.4 Å². The van der Waals surface area contributed by atoms with Crippen LogP contribution in [-0.2, 0) is 23.9 Å². The first-order valence-electron chi connectivity index (χ1n) is 18.3. The molecule has 1 amide bonds. The first kappa shape index (κ1) is 38.3. The van der Waals surface area contributed by atoms with Crippen LogP contribution in [0.1, 0.15) is 113 Å². The summed E-state index contributed by atoms with van der Waals surface area (Å²) in [4.78, 5) is 39.0. The molecule has 0 radical (unpaired) electrons. The van der Waals surface area contributed by atoms with E-state index < -0.39 is 88.3 Å². The van der Waals surface area contributed by atoms with Crippen LogP contribution in [-0.4, -0.2) is 93.1 Å². The van der Waals surface area contributed by atoms with E-state index in [-0.39, 0.29) is 35.2 Å². The van der Waals surface area contributed by atoms with E-state index in [1.54, 1.807) is 27.7 Å². The van der Waals surface area contributed by atoms with Gasteiger partial charge in [0.15, 0.2) is 0 Å². The van der Waals surface area contributed by atoms with Crippen LogP contribution in [0.4, 0.5) is 8.78 Å². The Morgan fingerprint density at radius 3 is 2.24 bits per heavy atom. The highest BCUT2D eigenvalue weighted by atomic mass is 79.9. The highest BCUT2D eigenvalue weighted by Crippen LogP contribution is 2.90. The number of aliphatic carboxylic acids is 1. The number of nitrogens with one attached hydrogen (secondary N) is 1. The molecular weight excluding hydrogens is 718 g/mol. The fourth-order valence-corrected chi connectivity index (χ4v) is 13.6. The van der Waals surface area contributed by atoms with Crippen LogP contribution in [0.15, 0.2) is 0 Å². The van der Waals surface area contributed by atoms with E-state index >= 15 is 8.78 Å². The van der Waals surface area contributed by atoms with Crippen molar-refractivity contribution in [1.82, 2.24) is 9.24 Å². The molecule has 0 bridgehead atoms. The Hall–Kier alpha value is -1.41. The minimum Gasteiger partial charge on any atom is -0.481 e. The average Bonchev–Trinajstić information content (AvgIpc) is 3.36. The second-order valence-electron chi connectivity index (χ2n) is 18.9. The molecule has 0 aromatic carbocycles. The molecule has 6 aliphatic rings. The van der Waals surface area contributed by atoms with Gasteiger partial charge in [-0.15, -0.1) is 0 Å². The zero-order valence-electron chi connectivity index (χ0n) is 30.8. The lowest BCUT2D eigenvalue weighted by atomic mass is 9.41. The van der Waals surface area contributed by atoms with Crippen molar-refractivity contribution >= 4 is 34.0 Å². The van der Waals surface area contributed by atoms with E-state index in [1.165, 1.54) is 7.05 Å². The molecule has 284 valence electrons. The molecule has 0 aromatic heterocycles. The summed E-state index contributed by atoms with van der Waals surface area (Å²) in [5.74, 6) is -6.30. The number of carbonyl (C=O) groups is 3. The predicted molar refractivity (Wildman–Crippen MR) is 183 cm³/mol. The van der Waals surface area contributed by atoms with Gasteiger partial charge in [-0.1, -0.05) is 27.7 Å². The van der Waals surface area contributed by atoms with Crippen molar-refractivity contribution in [3.05, 3.63) is 0 Å². The van der Waals surface area contributed by atoms with Gasteiger partial charge in [-0.25, -0.2) is 13.1 Å². The number of aliphatic hydroxyl groups is 2. The monoisotopic (exact) mass is 774 g/mol. The number of alkyl halides is 2. The van der Waals surface area contributed by atoms with Crippen molar-refractivity contribution in [2.24, 2.45) is 44.8 Å². The van der Waals surface area contributed by atoms with Crippen molar-refractivity contribution in [3.63, 3.8) is 0 Å². The van der Waals surface area contributed by atoms with Gasteiger partial charge in [0.05, 0.1) is 29.8 Å². The number of halogens is 3. The number of esters is 1. The van der Waals surface area contributed by atoms with Gasteiger partial charge in [0.2, 0.25) is 5.91 Å². The average molecular weight is 776 g/mol. The third kappa shape index (κ3) is 5.27. The highest BCUT2D eigenvalue weighted by Gasteiger charge is 2.86. The fraction of sp³-hybridized carbons (Fsp3) is 0.919. The summed E-state index contributed by atoms with van der Waals surface area (Å²) in [5.41, 5.74) is -4.53. The van der Waals surface area contributed by atoms with E-state index in [1.807, 2.05) is 0 Å². The normalized spacial score (nSPS) is 46.1. The van der Waals surface area contributed by atoms with Gasteiger partial charge in [-0.2, -0.15) is 0 Å². The number of aliphatic hydroxyl groups excluding tert-OH is 1. The largest absolute Gasteiger partial charge is 0.481 e. The molecule has 4 N–H and O–H groups in total. The molecule has 0 aromatic rings. The Balaban J connectivity index is 1.32. The molecule has 12 atom stereocenters. The number of carboxylic acids is 1. The Bertz CT molecular complexity index is 1430. The lowest BCUT2D eigenvalue weighted by Crippen LogP contribution is -2.64. The van der Waals surface area contributed by atoms with E-state index in [0.29, 0.717) is 32.1 Å². The third-order valence-corrected chi connectivity index (χ3v) is 16.2. The van der Waals surface area contributed by atoms with Gasteiger partial charge in [-0.05, 0) is 99.7 Å². The molecule has 50 heavy (non-hydrogen) atoms. The van der Waals surface area contributed by atoms with E-state index in [2.05, 4.69) is 41.3 Å². The number of likely N-dealkylation sites (N-methyl/N-ethyl adjacent to an activating group) is 1. The second kappa shape index (κ2) is 11.8. The maximum atomic E-state index is 15.9. The second-order valence-corrected chi connectivity index (χ2v) is 19.3. The first-order chi connectivity index (χ1) is 22.9. The number of hydrogen-bond acceptors (Lipinski definition) is 8. The van der Waals surface area contributed by atoms with E-state index in [9.17, 15) is 29.7 Å². The van der Waals surface area contributed by atoms with Crippen LogP contribution in [0, 0.1) is 44.8 Å². The zero-order chi connectivity index (χ0) is 37.3. The molecule has 6 rings (SSSR count). The summed E-state index contributed by atoms with van der Waals surface area (Å²) in [6.07, 6.45) is 2.55. The van der Waals surface area contributed by atoms with Crippen LogP contribution in [0.3, 0.4) is 0 Å². The lowest BCUT2D eigenvalue weighted by molar-refractivity contribution is -0.252. The molecule has 10 nitrogen and oxygen atoms in total. The number of carbonyl (C=O) groups excluding carboxylic acids is 2. The number of ether oxygens (including phenoxy) is 2. The molecule has 13 heteroatoms. The number of carboxylic acid groups (broad SMARTS) is 1.